The second-order valence-corrected chi connectivity index (χ2v) is 7.69. The minimum absolute atomic E-state index is 0.118. The van der Waals surface area contributed by atoms with Gasteiger partial charge in [0.15, 0.2) is 5.16 Å². The summed E-state index contributed by atoms with van der Waals surface area (Å²) in [6.07, 6.45) is 1.61. The lowest BCUT2D eigenvalue weighted by molar-refractivity contribution is -0.119. The molecule has 1 N–H and O–H groups in total. The Labute approximate surface area is 177 Å². The van der Waals surface area contributed by atoms with Crippen molar-refractivity contribution >= 4 is 40.9 Å². The van der Waals surface area contributed by atoms with Gasteiger partial charge in [-0.2, -0.15) is 0 Å². The van der Waals surface area contributed by atoms with Gasteiger partial charge in [-0.25, -0.2) is 0 Å². The van der Waals surface area contributed by atoms with Crippen molar-refractivity contribution in [2.75, 3.05) is 12.9 Å². The lowest BCUT2D eigenvalue weighted by Crippen LogP contribution is -2.28. The lowest BCUT2D eigenvalue weighted by Gasteiger charge is -2.15. The SMILES string of the molecule is COc1ccc(-n2cnnc2SCC(=O)NC(C)c2ccc(Cl)c(Cl)c2)cc1. The minimum atomic E-state index is -0.192. The van der Waals surface area contributed by atoms with Crippen LogP contribution >= 0.6 is 35.0 Å². The number of carbonyl (C=O) groups is 1. The number of aromatic nitrogens is 3. The molecule has 1 aromatic heterocycles. The summed E-state index contributed by atoms with van der Waals surface area (Å²) in [5.74, 6) is 0.857. The summed E-state index contributed by atoms with van der Waals surface area (Å²) in [4.78, 5) is 12.3. The van der Waals surface area contributed by atoms with Crippen molar-refractivity contribution < 1.29 is 9.53 Å². The van der Waals surface area contributed by atoms with Gasteiger partial charge in [0.05, 0.1) is 28.9 Å². The van der Waals surface area contributed by atoms with Crippen molar-refractivity contribution in [3.63, 3.8) is 0 Å². The molecule has 1 heterocycles. The van der Waals surface area contributed by atoms with E-state index < -0.39 is 0 Å². The Morgan fingerprint density at radius 2 is 1.96 bits per heavy atom. The van der Waals surface area contributed by atoms with Crippen molar-refractivity contribution in [2.24, 2.45) is 0 Å². The van der Waals surface area contributed by atoms with Gasteiger partial charge < -0.3 is 10.1 Å². The number of carbonyl (C=O) groups excluding carboxylic acids is 1. The van der Waals surface area contributed by atoms with Crippen LogP contribution in [0.25, 0.3) is 5.69 Å². The average molecular weight is 437 g/mol. The number of hydrogen-bond donors (Lipinski definition) is 1. The molecular formula is C19H18Cl2N4O2S. The van der Waals surface area contributed by atoms with E-state index in [9.17, 15) is 4.79 Å². The Hall–Kier alpha value is -2.22. The van der Waals surface area contributed by atoms with Crippen LogP contribution in [-0.2, 0) is 4.79 Å². The van der Waals surface area contributed by atoms with Crippen molar-refractivity contribution in [1.29, 1.82) is 0 Å². The molecule has 2 aromatic carbocycles. The van der Waals surface area contributed by atoms with Gasteiger partial charge in [-0.05, 0) is 48.9 Å². The highest BCUT2D eigenvalue weighted by atomic mass is 35.5. The summed E-state index contributed by atoms with van der Waals surface area (Å²) in [6, 6.07) is 12.6. The Morgan fingerprint density at radius 3 is 2.64 bits per heavy atom. The van der Waals surface area contributed by atoms with Gasteiger partial charge in [0.1, 0.15) is 12.1 Å². The first-order chi connectivity index (χ1) is 13.5. The maximum absolute atomic E-state index is 12.3. The zero-order valence-corrected chi connectivity index (χ0v) is 17.6. The van der Waals surface area contributed by atoms with Crippen LogP contribution < -0.4 is 10.1 Å². The molecule has 0 saturated heterocycles. The van der Waals surface area contributed by atoms with E-state index >= 15 is 0 Å². The third kappa shape index (κ3) is 4.98. The summed E-state index contributed by atoms with van der Waals surface area (Å²) >= 11 is 13.3. The zero-order chi connectivity index (χ0) is 20.1. The van der Waals surface area contributed by atoms with Crippen LogP contribution in [0.15, 0.2) is 53.9 Å². The van der Waals surface area contributed by atoms with Crippen molar-refractivity contribution in [1.82, 2.24) is 20.1 Å². The minimum Gasteiger partial charge on any atom is -0.497 e. The maximum atomic E-state index is 12.3. The Bertz CT molecular complexity index is 963. The molecule has 6 nitrogen and oxygen atoms in total. The molecule has 146 valence electrons. The summed E-state index contributed by atoms with van der Waals surface area (Å²) in [6.45, 7) is 1.89. The van der Waals surface area contributed by atoms with Gasteiger partial charge in [-0.15, -0.1) is 10.2 Å². The van der Waals surface area contributed by atoms with E-state index in [1.807, 2.05) is 41.8 Å². The molecule has 0 aliphatic carbocycles. The number of nitrogens with one attached hydrogen (secondary N) is 1. The standard InChI is InChI=1S/C19H18Cl2N4O2S/c1-12(13-3-8-16(20)17(21)9-13)23-18(26)10-28-19-24-22-11-25(19)14-4-6-15(27-2)7-5-14/h3-9,11-12H,10H2,1-2H3,(H,23,26). The van der Waals surface area contributed by atoms with E-state index in [1.54, 1.807) is 25.6 Å². The van der Waals surface area contributed by atoms with Gasteiger partial charge in [-0.3, -0.25) is 9.36 Å². The summed E-state index contributed by atoms with van der Waals surface area (Å²) in [5.41, 5.74) is 1.77. The van der Waals surface area contributed by atoms with Gasteiger partial charge >= 0.3 is 0 Å². The van der Waals surface area contributed by atoms with Crippen LogP contribution in [0.5, 0.6) is 5.75 Å². The average Bonchev–Trinajstić information content (AvgIpc) is 3.17. The molecule has 3 aromatic rings. The van der Waals surface area contributed by atoms with E-state index in [4.69, 9.17) is 27.9 Å². The molecule has 1 atom stereocenters. The van der Waals surface area contributed by atoms with Crippen LogP contribution in [0.1, 0.15) is 18.5 Å². The normalized spacial score (nSPS) is 11.9. The number of methoxy groups -OCH3 is 1. The molecule has 0 aliphatic rings. The molecule has 0 fully saturated rings. The van der Waals surface area contributed by atoms with E-state index in [-0.39, 0.29) is 17.7 Å². The predicted octanol–water partition coefficient (Wildman–Crippen LogP) is 4.55. The fourth-order valence-corrected chi connectivity index (χ4v) is 3.57. The number of halogens is 2. The van der Waals surface area contributed by atoms with Gasteiger partial charge in [0, 0.05) is 5.69 Å². The largest absolute Gasteiger partial charge is 0.497 e. The Balaban J connectivity index is 1.60. The molecule has 28 heavy (non-hydrogen) atoms. The van der Waals surface area contributed by atoms with E-state index in [0.717, 1.165) is 17.0 Å². The molecule has 0 saturated carbocycles. The third-order valence-corrected chi connectivity index (χ3v) is 5.70. The number of hydrogen-bond acceptors (Lipinski definition) is 5. The molecule has 0 spiro atoms. The highest BCUT2D eigenvalue weighted by Crippen LogP contribution is 2.26. The number of thioether (sulfide) groups is 1. The highest BCUT2D eigenvalue weighted by molar-refractivity contribution is 7.99. The van der Waals surface area contributed by atoms with Gasteiger partial charge in [-0.1, -0.05) is 41.0 Å². The summed E-state index contributed by atoms with van der Waals surface area (Å²) < 4.78 is 6.99. The maximum Gasteiger partial charge on any atom is 0.230 e. The first-order valence-electron chi connectivity index (χ1n) is 8.39. The monoisotopic (exact) mass is 436 g/mol. The molecule has 3 rings (SSSR count). The molecule has 1 unspecified atom stereocenters. The molecule has 0 radical (unpaired) electrons. The number of rotatable bonds is 7. The van der Waals surface area contributed by atoms with Gasteiger partial charge in [0.2, 0.25) is 5.91 Å². The molecule has 0 bridgehead atoms. The molecule has 0 aliphatic heterocycles. The molecule has 9 heteroatoms. The molecular weight excluding hydrogens is 419 g/mol. The Morgan fingerprint density at radius 1 is 1.21 bits per heavy atom. The predicted molar refractivity (Wildman–Crippen MR) is 112 cm³/mol. The fourth-order valence-electron chi connectivity index (χ4n) is 2.52. The van der Waals surface area contributed by atoms with Crippen LogP contribution in [0, 0.1) is 0 Å². The summed E-state index contributed by atoms with van der Waals surface area (Å²) in [7, 11) is 1.62. The second-order valence-electron chi connectivity index (χ2n) is 5.93. The lowest BCUT2D eigenvalue weighted by atomic mass is 10.1. The summed E-state index contributed by atoms with van der Waals surface area (Å²) in [5, 5.41) is 12.6. The Kier molecular flexibility index (Phi) is 6.83. The first-order valence-corrected chi connectivity index (χ1v) is 10.1. The van der Waals surface area contributed by atoms with E-state index in [0.29, 0.717) is 15.2 Å². The van der Waals surface area contributed by atoms with Crippen LogP contribution in [0.2, 0.25) is 10.0 Å². The number of benzene rings is 2. The van der Waals surface area contributed by atoms with Crippen LogP contribution in [0.4, 0.5) is 0 Å². The first kappa shape index (κ1) is 20.5. The van der Waals surface area contributed by atoms with E-state index in [2.05, 4.69) is 15.5 Å². The fraction of sp³-hybridized carbons (Fsp3) is 0.211. The third-order valence-electron chi connectivity index (χ3n) is 4.02. The van der Waals surface area contributed by atoms with Crippen molar-refractivity contribution in [3.8, 4) is 11.4 Å². The topological polar surface area (TPSA) is 69.0 Å². The second kappa shape index (κ2) is 9.32. The number of ether oxygens (including phenoxy) is 1. The van der Waals surface area contributed by atoms with Crippen molar-refractivity contribution in [2.45, 2.75) is 18.1 Å². The van der Waals surface area contributed by atoms with E-state index in [1.165, 1.54) is 11.8 Å². The quantitative estimate of drug-likeness (QED) is 0.550. The number of nitrogens with zero attached hydrogens (tertiary/aromatic N) is 3. The zero-order valence-electron chi connectivity index (χ0n) is 15.2. The highest BCUT2D eigenvalue weighted by Gasteiger charge is 2.14. The smallest absolute Gasteiger partial charge is 0.230 e. The number of amides is 1. The van der Waals surface area contributed by atoms with Crippen molar-refractivity contribution in [3.05, 3.63) is 64.4 Å². The molecule has 1 amide bonds. The van der Waals surface area contributed by atoms with Gasteiger partial charge in [0.25, 0.3) is 0 Å². The van der Waals surface area contributed by atoms with Crippen LogP contribution in [0.3, 0.4) is 0 Å². The van der Waals surface area contributed by atoms with Crippen LogP contribution in [-0.4, -0.2) is 33.5 Å².